The summed E-state index contributed by atoms with van der Waals surface area (Å²) in [7, 11) is 3.24. The van der Waals surface area contributed by atoms with E-state index in [1.165, 1.54) is 4.90 Å². The fraction of sp³-hybridized carbons (Fsp3) is 0.200. The van der Waals surface area contributed by atoms with Gasteiger partial charge in [-0.3, -0.25) is 4.79 Å². The van der Waals surface area contributed by atoms with Gasteiger partial charge < -0.3 is 19.1 Å². The predicted molar refractivity (Wildman–Crippen MR) is 117 cm³/mol. The lowest BCUT2D eigenvalue weighted by Crippen LogP contribution is -2.31. The largest absolute Gasteiger partial charge is 0.496 e. The lowest BCUT2D eigenvalue weighted by atomic mass is 10.1. The van der Waals surface area contributed by atoms with E-state index in [1.54, 1.807) is 32.4 Å². The van der Waals surface area contributed by atoms with Crippen LogP contribution in [0.15, 0.2) is 78.9 Å². The molecule has 0 heterocycles. The van der Waals surface area contributed by atoms with Crippen LogP contribution in [-0.2, 0) is 22.7 Å². The molecule has 0 aliphatic carbocycles. The molecule has 31 heavy (non-hydrogen) atoms. The van der Waals surface area contributed by atoms with Gasteiger partial charge in [0, 0.05) is 24.7 Å². The third-order valence-electron chi connectivity index (χ3n) is 4.73. The molecule has 0 aromatic heterocycles. The number of nitrogens with zero attached hydrogens (tertiary/aromatic N) is 1. The van der Waals surface area contributed by atoms with E-state index in [2.05, 4.69) is 0 Å². The minimum atomic E-state index is -0.564. The first-order valence-electron chi connectivity index (χ1n) is 9.87. The summed E-state index contributed by atoms with van der Waals surface area (Å²) in [6, 6.07) is 23.9. The number of ether oxygens (including phenoxy) is 3. The molecule has 0 radical (unpaired) electrons. The number of carbonyl (C=O) groups excluding carboxylic acids is 2. The maximum Gasteiger partial charge on any atom is 0.339 e. The van der Waals surface area contributed by atoms with Crippen LogP contribution >= 0.6 is 0 Å². The van der Waals surface area contributed by atoms with Crippen molar-refractivity contribution in [2.24, 2.45) is 0 Å². The second kappa shape index (κ2) is 10.8. The normalized spacial score (nSPS) is 10.3. The Hall–Kier alpha value is -3.80. The zero-order valence-electron chi connectivity index (χ0n) is 17.6. The number of benzene rings is 3. The molecule has 0 aliphatic rings. The van der Waals surface area contributed by atoms with Gasteiger partial charge in [-0.1, -0.05) is 54.6 Å². The molecule has 6 heteroatoms. The number of amides is 1. The molecule has 6 nitrogen and oxygen atoms in total. The van der Waals surface area contributed by atoms with Crippen LogP contribution in [0.3, 0.4) is 0 Å². The van der Waals surface area contributed by atoms with E-state index in [0.29, 0.717) is 29.2 Å². The number of likely N-dealkylation sites (N-methyl/N-ethyl adjacent to an activating group) is 1. The average Bonchev–Trinajstić information content (AvgIpc) is 2.82. The highest BCUT2D eigenvalue weighted by molar-refractivity contribution is 5.92. The number of rotatable bonds is 9. The van der Waals surface area contributed by atoms with Crippen LogP contribution in [-0.4, -0.2) is 37.5 Å². The van der Waals surface area contributed by atoms with Crippen LogP contribution in [0, 0.1) is 0 Å². The van der Waals surface area contributed by atoms with E-state index in [9.17, 15) is 9.59 Å². The molecule has 160 valence electrons. The van der Waals surface area contributed by atoms with Gasteiger partial charge in [-0.15, -0.1) is 0 Å². The zero-order chi connectivity index (χ0) is 22.1. The van der Waals surface area contributed by atoms with Gasteiger partial charge in [0.05, 0.1) is 12.7 Å². The van der Waals surface area contributed by atoms with Crippen LogP contribution in [0.4, 0.5) is 0 Å². The van der Waals surface area contributed by atoms with Crippen molar-refractivity contribution in [2.45, 2.75) is 13.2 Å². The summed E-state index contributed by atoms with van der Waals surface area (Å²) in [5, 5.41) is 0. The molecule has 3 rings (SSSR count). The summed E-state index contributed by atoms with van der Waals surface area (Å²) in [5.74, 6) is 0.536. The Bertz CT molecular complexity index is 1020. The van der Waals surface area contributed by atoms with Gasteiger partial charge in [0.2, 0.25) is 0 Å². The van der Waals surface area contributed by atoms with Gasteiger partial charge in [0.1, 0.15) is 18.1 Å². The Kier molecular flexibility index (Phi) is 7.65. The van der Waals surface area contributed by atoms with E-state index >= 15 is 0 Å². The molecule has 0 fully saturated rings. The van der Waals surface area contributed by atoms with Crippen molar-refractivity contribution in [3.05, 3.63) is 95.6 Å². The van der Waals surface area contributed by atoms with Crippen LogP contribution < -0.4 is 9.47 Å². The van der Waals surface area contributed by atoms with Crippen LogP contribution in [0.25, 0.3) is 0 Å². The first-order valence-corrected chi connectivity index (χ1v) is 9.87. The van der Waals surface area contributed by atoms with Crippen molar-refractivity contribution in [1.29, 1.82) is 0 Å². The summed E-state index contributed by atoms with van der Waals surface area (Å²) in [5.41, 5.74) is 1.93. The molecule has 0 N–H and O–H groups in total. The Morgan fingerprint density at radius 2 is 1.48 bits per heavy atom. The lowest BCUT2D eigenvalue weighted by Gasteiger charge is -2.19. The minimum Gasteiger partial charge on any atom is -0.496 e. The van der Waals surface area contributed by atoms with Crippen molar-refractivity contribution in [1.82, 2.24) is 4.90 Å². The first kappa shape index (κ1) is 21.9. The highest BCUT2D eigenvalue weighted by Gasteiger charge is 2.17. The molecular formula is C25H25NO5. The second-order valence-corrected chi connectivity index (χ2v) is 6.90. The van der Waals surface area contributed by atoms with Gasteiger partial charge in [0.25, 0.3) is 5.91 Å². The highest BCUT2D eigenvalue weighted by atomic mass is 16.5. The molecule has 0 bridgehead atoms. The fourth-order valence-electron chi connectivity index (χ4n) is 3.02. The fourth-order valence-corrected chi connectivity index (χ4v) is 3.02. The maximum atomic E-state index is 12.6. The average molecular weight is 419 g/mol. The van der Waals surface area contributed by atoms with Crippen molar-refractivity contribution < 1.29 is 23.8 Å². The number of methoxy groups -OCH3 is 1. The van der Waals surface area contributed by atoms with Crippen molar-refractivity contribution in [3.63, 3.8) is 0 Å². The monoisotopic (exact) mass is 419 g/mol. The third-order valence-corrected chi connectivity index (χ3v) is 4.73. The Morgan fingerprint density at radius 3 is 2.23 bits per heavy atom. The number of carbonyl (C=O) groups is 2. The molecule has 0 atom stereocenters. The van der Waals surface area contributed by atoms with Crippen molar-refractivity contribution in [3.8, 4) is 11.5 Å². The molecule has 3 aromatic rings. The van der Waals surface area contributed by atoms with Gasteiger partial charge >= 0.3 is 5.97 Å². The minimum absolute atomic E-state index is 0.219. The topological polar surface area (TPSA) is 65.1 Å². The summed E-state index contributed by atoms with van der Waals surface area (Å²) in [6.07, 6.45) is 0. The molecule has 0 saturated carbocycles. The number of para-hydroxylation sites is 2. The lowest BCUT2D eigenvalue weighted by molar-refractivity contribution is -0.133. The highest BCUT2D eigenvalue weighted by Crippen LogP contribution is 2.19. The quantitative estimate of drug-likeness (QED) is 0.489. The third kappa shape index (κ3) is 6.09. The van der Waals surface area contributed by atoms with E-state index < -0.39 is 5.97 Å². The van der Waals surface area contributed by atoms with Crippen LogP contribution in [0.5, 0.6) is 11.5 Å². The molecular weight excluding hydrogens is 394 g/mol. The van der Waals surface area contributed by atoms with Crippen molar-refractivity contribution >= 4 is 11.9 Å². The summed E-state index contributed by atoms with van der Waals surface area (Å²) in [6.45, 7) is 0.219. The van der Waals surface area contributed by atoms with E-state index in [4.69, 9.17) is 14.2 Å². The van der Waals surface area contributed by atoms with E-state index in [1.807, 2.05) is 60.7 Å². The van der Waals surface area contributed by atoms with E-state index in [-0.39, 0.29) is 19.1 Å². The Morgan fingerprint density at radius 1 is 0.839 bits per heavy atom. The SMILES string of the molecule is COc1ccccc1CN(C)C(=O)COC(=O)c1ccccc1COc1ccccc1. The van der Waals surface area contributed by atoms with Crippen LogP contribution in [0.1, 0.15) is 21.5 Å². The first-order chi connectivity index (χ1) is 15.1. The standard InChI is InChI=1S/C25H25NO5/c1-26(16-19-10-7-9-15-23(19)29-2)24(27)18-31-25(28)22-14-8-6-11-20(22)17-30-21-12-4-3-5-13-21/h3-15H,16-18H2,1-2H3. The number of hydrogen-bond acceptors (Lipinski definition) is 5. The predicted octanol–water partition coefficient (Wildman–Crippen LogP) is 4.09. The molecule has 0 aliphatic heterocycles. The molecule has 0 unspecified atom stereocenters. The van der Waals surface area contributed by atoms with Crippen molar-refractivity contribution in [2.75, 3.05) is 20.8 Å². The van der Waals surface area contributed by atoms with Gasteiger partial charge in [0.15, 0.2) is 6.61 Å². The van der Waals surface area contributed by atoms with E-state index in [0.717, 1.165) is 5.56 Å². The molecule has 1 amide bonds. The number of hydrogen-bond donors (Lipinski definition) is 0. The Labute approximate surface area is 182 Å². The maximum absolute atomic E-state index is 12.6. The summed E-state index contributed by atoms with van der Waals surface area (Å²) < 4.78 is 16.3. The van der Waals surface area contributed by atoms with Gasteiger partial charge in [-0.05, 0) is 24.3 Å². The zero-order valence-corrected chi connectivity index (χ0v) is 17.6. The van der Waals surface area contributed by atoms with Gasteiger partial charge in [-0.2, -0.15) is 0 Å². The molecule has 0 saturated heterocycles. The summed E-state index contributed by atoms with van der Waals surface area (Å²) in [4.78, 5) is 26.6. The molecule has 3 aromatic carbocycles. The smallest absolute Gasteiger partial charge is 0.339 e. The number of esters is 1. The van der Waals surface area contributed by atoms with Crippen LogP contribution in [0.2, 0.25) is 0 Å². The molecule has 0 spiro atoms. The second-order valence-electron chi connectivity index (χ2n) is 6.90. The Balaban J connectivity index is 1.57. The van der Waals surface area contributed by atoms with Gasteiger partial charge in [-0.25, -0.2) is 4.79 Å². The summed E-state index contributed by atoms with van der Waals surface area (Å²) >= 11 is 0.